The third-order valence-corrected chi connectivity index (χ3v) is 5.62. The monoisotopic (exact) mass is 466 g/mol. The maximum absolute atomic E-state index is 14.0. The Labute approximate surface area is 193 Å². The molecule has 0 spiro atoms. The summed E-state index contributed by atoms with van der Waals surface area (Å²) in [5.74, 6) is -5.03. The minimum absolute atomic E-state index is 0.0444. The van der Waals surface area contributed by atoms with E-state index in [4.69, 9.17) is 9.84 Å². The van der Waals surface area contributed by atoms with Crippen molar-refractivity contribution in [2.75, 3.05) is 11.9 Å². The van der Waals surface area contributed by atoms with Crippen LogP contribution in [0, 0.1) is 11.6 Å². The molecule has 4 rings (SSSR count). The van der Waals surface area contributed by atoms with E-state index in [0.717, 1.165) is 22.3 Å². The lowest BCUT2D eigenvalue weighted by atomic mass is 9.98. The first kappa shape index (κ1) is 22.9. The molecule has 0 radical (unpaired) electrons. The second-order valence-corrected chi connectivity index (χ2v) is 7.80. The molecule has 174 valence electrons. The van der Waals surface area contributed by atoms with Gasteiger partial charge in [-0.2, -0.15) is 0 Å². The van der Waals surface area contributed by atoms with Crippen LogP contribution in [0.5, 0.6) is 0 Å². The van der Waals surface area contributed by atoms with Crippen molar-refractivity contribution in [1.29, 1.82) is 0 Å². The highest BCUT2D eigenvalue weighted by atomic mass is 19.1. The van der Waals surface area contributed by atoms with Crippen molar-refractivity contribution in [2.45, 2.75) is 18.9 Å². The number of nitrogens with one attached hydrogen (secondary N) is 2. The number of hydrogen-bond acceptors (Lipinski definition) is 4. The summed E-state index contributed by atoms with van der Waals surface area (Å²) in [6, 6.07) is 15.5. The smallest absolute Gasteiger partial charge is 0.407 e. The predicted octanol–water partition coefficient (Wildman–Crippen LogP) is 4.53. The van der Waals surface area contributed by atoms with E-state index in [-0.39, 0.29) is 12.5 Å². The van der Waals surface area contributed by atoms with E-state index in [1.807, 2.05) is 48.5 Å². The van der Waals surface area contributed by atoms with Gasteiger partial charge in [-0.05, 0) is 35.2 Å². The second-order valence-electron chi connectivity index (χ2n) is 7.80. The molecule has 0 aromatic heterocycles. The van der Waals surface area contributed by atoms with Crippen LogP contribution in [0.4, 0.5) is 19.3 Å². The average Bonchev–Trinajstić information content (AvgIpc) is 3.13. The van der Waals surface area contributed by atoms with Crippen molar-refractivity contribution in [2.24, 2.45) is 0 Å². The number of carboxylic acids is 1. The fraction of sp³-hybridized carbons (Fsp3) is 0.160. The lowest BCUT2D eigenvalue weighted by molar-refractivity contribution is -0.117. The van der Waals surface area contributed by atoms with Gasteiger partial charge in [0.1, 0.15) is 24.3 Å². The fourth-order valence-corrected chi connectivity index (χ4v) is 3.93. The summed E-state index contributed by atoms with van der Waals surface area (Å²) in [6.07, 6.45) is -0.852. The Bertz CT molecular complexity index is 1250. The number of benzene rings is 3. The number of halogens is 2. The van der Waals surface area contributed by atoms with E-state index < -0.39 is 46.9 Å². The summed E-state index contributed by atoms with van der Waals surface area (Å²) in [6.45, 7) is 1.39. The molecule has 1 aliphatic carbocycles. The highest BCUT2D eigenvalue weighted by Gasteiger charge is 2.29. The number of carbonyl (C=O) groups is 3. The SMILES string of the molecule is CC(NC(=O)OCC1c2ccccc2-c2ccccc21)C(=O)Nc1cc(C(=O)O)c(F)cc1F. The summed E-state index contributed by atoms with van der Waals surface area (Å²) >= 11 is 0. The van der Waals surface area contributed by atoms with Crippen molar-refractivity contribution >= 4 is 23.7 Å². The molecule has 0 fully saturated rings. The van der Waals surface area contributed by atoms with Crippen LogP contribution < -0.4 is 10.6 Å². The predicted molar refractivity (Wildman–Crippen MR) is 120 cm³/mol. The quantitative estimate of drug-likeness (QED) is 0.495. The first-order valence-corrected chi connectivity index (χ1v) is 10.4. The molecule has 1 atom stereocenters. The van der Waals surface area contributed by atoms with Gasteiger partial charge in [0, 0.05) is 12.0 Å². The average molecular weight is 466 g/mol. The zero-order chi connectivity index (χ0) is 24.4. The number of carbonyl (C=O) groups excluding carboxylic acids is 2. The maximum Gasteiger partial charge on any atom is 0.407 e. The van der Waals surface area contributed by atoms with Crippen LogP contribution in [0.25, 0.3) is 11.1 Å². The van der Waals surface area contributed by atoms with E-state index in [1.54, 1.807) is 0 Å². The molecule has 0 saturated heterocycles. The highest BCUT2D eigenvalue weighted by Crippen LogP contribution is 2.44. The highest BCUT2D eigenvalue weighted by molar-refractivity contribution is 5.98. The molecule has 7 nitrogen and oxygen atoms in total. The topological polar surface area (TPSA) is 105 Å². The minimum atomic E-state index is -1.61. The van der Waals surface area contributed by atoms with Crippen molar-refractivity contribution in [3.63, 3.8) is 0 Å². The molecule has 3 N–H and O–H groups in total. The standard InChI is InChI=1S/C25H20F2N2O5/c1-13(23(30)29-22-10-18(24(31)32)20(26)11-21(22)27)28-25(33)34-12-19-16-8-4-2-6-14(16)15-7-3-5-9-17(15)19/h2-11,13,19H,12H2,1H3,(H,28,33)(H,29,30)(H,31,32). The molecule has 1 unspecified atom stereocenters. The number of aromatic carboxylic acids is 1. The molecule has 34 heavy (non-hydrogen) atoms. The summed E-state index contributed by atoms with van der Waals surface area (Å²) in [5.41, 5.74) is 2.88. The number of carboxylic acid groups (broad SMARTS) is 1. The van der Waals surface area contributed by atoms with Gasteiger partial charge in [-0.25, -0.2) is 18.4 Å². The fourth-order valence-electron chi connectivity index (χ4n) is 3.93. The van der Waals surface area contributed by atoms with Crippen LogP contribution in [-0.2, 0) is 9.53 Å². The molecular formula is C25H20F2N2O5. The van der Waals surface area contributed by atoms with Gasteiger partial charge in [0.15, 0.2) is 0 Å². The maximum atomic E-state index is 14.0. The third kappa shape index (κ3) is 4.45. The molecular weight excluding hydrogens is 446 g/mol. The summed E-state index contributed by atoms with van der Waals surface area (Å²) in [7, 11) is 0. The first-order valence-electron chi connectivity index (χ1n) is 10.4. The zero-order valence-electron chi connectivity index (χ0n) is 18.0. The van der Waals surface area contributed by atoms with Crippen molar-refractivity contribution in [3.8, 4) is 11.1 Å². The van der Waals surface area contributed by atoms with Gasteiger partial charge in [0.05, 0.1) is 11.3 Å². The zero-order valence-corrected chi connectivity index (χ0v) is 18.0. The van der Waals surface area contributed by atoms with Crippen molar-refractivity contribution in [1.82, 2.24) is 5.32 Å². The van der Waals surface area contributed by atoms with Crippen LogP contribution in [0.3, 0.4) is 0 Å². The van der Waals surface area contributed by atoms with Crippen molar-refractivity contribution in [3.05, 3.63) is 89.0 Å². The van der Waals surface area contributed by atoms with Gasteiger partial charge in [0.25, 0.3) is 0 Å². The molecule has 2 amide bonds. The first-order chi connectivity index (χ1) is 16.3. The molecule has 3 aromatic carbocycles. The number of rotatable bonds is 6. The summed E-state index contributed by atoms with van der Waals surface area (Å²) < 4.78 is 32.9. The lowest BCUT2D eigenvalue weighted by Gasteiger charge is -2.17. The third-order valence-electron chi connectivity index (χ3n) is 5.62. The summed E-state index contributed by atoms with van der Waals surface area (Å²) in [5, 5.41) is 13.5. The Kier molecular flexibility index (Phi) is 6.27. The Hall–Kier alpha value is -4.27. The molecule has 3 aromatic rings. The number of alkyl carbamates (subject to hydrolysis) is 1. The lowest BCUT2D eigenvalue weighted by Crippen LogP contribution is -2.42. The van der Waals surface area contributed by atoms with Crippen LogP contribution in [0.2, 0.25) is 0 Å². The molecule has 0 aliphatic heterocycles. The van der Waals surface area contributed by atoms with Gasteiger partial charge in [-0.1, -0.05) is 48.5 Å². The van der Waals surface area contributed by atoms with Gasteiger partial charge < -0.3 is 20.5 Å². The van der Waals surface area contributed by atoms with Crippen molar-refractivity contribution < 1.29 is 33.0 Å². The van der Waals surface area contributed by atoms with E-state index in [2.05, 4.69) is 10.6 Å². The Morgan fingerprint density at radius 1 is 0.971 bits per heavy atom. The Balaban J connectivity index is 1.38. The van der Waals surface area contributed by atoms with Crippen LogP contribution in [0.1, 0.15) is 34.3 Å². The Morgan fingerprint density at radius 2 is 1.56 bits per heavy atom. The number of hydrogen-bond donors (Lipinski definition) is 3. The van der Waals surface area contributed by atoms with Gasteiger partial charge in [-0.15, -0.1) is 0 Å². The molecule has 0 heterocycles. The molecule has 0 bridgehead atoms. The van der Waals surface area contributed by atoms with Crippen LogP contribution in [0.15, 0.2) is 60.7 Å². The molecule has 1 aliphatic rings. The minimum Gasteiger partial charge on any atom is -0.478 e. The van der Waals surface area contributed by atoms with Gasteiger partial charge in [0.2, 0.25) is 5.91 Å². The number of amides is 2. The number of ether oxygens (including phenoxy) is 1. The largest absolute Gasteiger partial charge is 0.478 e. The number of anilines is 1. The van der Waals surface area contributed by atoms with Crippen LogP contribution in [-0.4, -0.2) is 35.7 Å². The normalized spacial score (nSPS) is 12.9. The van der Waals surface area contributed by atoms with E-state index in [9.17, 15) is 23.2 Å². The van der Waals surface area contributed by atoms with E-state index in [0.29, 0.717) is 12.1 Å². The number of fused-ring (bicyclic) bond motifs is 3. The molecule has 0 saturated carbocycles. The van der Waals surface area contributed by atoms with E-state index >= 15 is 0 Å². The van der Waals surface area contributed by atoms with Crippen LogP contribution >= 0.6 is 0 Å². The summed E-state index contributed by atoms with van der Waals surface area (Å²) in [4.78, 5) is 35.7. The second kappa shape index (κ2) is 9.30. The Morgan fingerprint density at radius 3 is 2.15 bits per heavy atom. The molecule has 9 heteroatoms. The van der Waals surface area contributed by atoms with E-state index in [1.165, 1.54) is 6.92 Å². The van der Waals surface area contributed by atoms with Gasteiger partial charge >= 0.3 is 12.1 Å². The van der Waals surface area contributed by atoms with Gasteiger partial charge in [-0.3, -0.25) is 4.79 Å².